The molecule has 168 valence electrons. The Labute approximate surface area is 187 Å². The summed E-state index contributed by atoms with van der Waals surface area (Å²) in [5, 5.41) is 10.8. The second-order valence-corrected chi connectivity index (χ2v) is 8.39. The number of alkyl carbamates (subject to hydrolysis) is 1. The SMILES string of the molecule is COC(=O)[C@H](Cc1ccc(-c2cnnn2Cc2ccccc2)cc1)NC(=O)OC(C)(C)C. The van der Waals surface area contributed by atoms with Crippen molar-refractivity contribution in [3.8, 4) is 11.3 Å². The van der Waals surface area contributed by atoms with Gasteiger partial charge in [-0.3, -0.25) is 0 Å². The van der Waals surface area contributed by atoms with E-state index in [1.807, 2.05) is 59.3 Å². The molecule has 1 atom stereocenters. The molecule has 0 aliphatic carbocycles. The zero-order valence-corrected chi connectivity index (χ0v) is 18.7. The summed E-state index contributed by atoms with van der Waals surface area (Å²) in [5.41, 5.74) is 3.16. The number of esters is 1. The highest BCUT2D eigenvalue weighted by molar-refractivity contribution is 5.81. The molecular formula is C24H28N4O4. The van der Waals surface area contributed by atoms with E-state index < -0.39 is 23.7 Å². The van der Waals surface area contributed by atoms with Crippen molar-refractivity contribution in [3.63, 3.8) is 0 Å². The van der Waals surface area contributed by atoms with Crippen LogP contribution in [0.4, 0.5) is 4.79 Å². The minimum absolute atomic E-state index is 0.272. The second kappa shape index (κ2) is 10.1. The molecule has 0 aliphatic rings. The predicted octanol–water partition coefficient (Wildman–Crippen LogP) is 3.60. The third-order valence-corrected chi connectivity index (χ3v) is 4.66. The summed E-state index contributed by atoms with van der Waals surface area (Å²) in [4.78, 5) is 24.3. The van der Waals surface area contributed by atoms with Crippen LogP contribution >= 0.6 is 0 Å². The number of nitrogens with zero attached hydrogens (tertiary/aromatic N) is 3. The van der Waals surface area contributed by atoms with Gasteiger partial charge in [0.05, 0.1) is 25.5 Å². The monoisotopic (exact) mass is 436 g/mol. The van der Waals surface area contributed by atoms with E-state index in [0.29, 0.717) is 6.54 Å². The summed E-state index contributed by atoms with van der Waals surface area (Å²) in [6.45, 7) is 5.89. The number of hydrogen-bond acceptors (Lipinski definition) is 6. The molecule has 1 aromatic heterocycles. The van der Waals surface area contributed by atoms with E-state index in [1.54, 1.807) is 27.0 Å². The van der Waals surface area contributed by atoms with Gasteiger partial charge in [0, 0.05) is 12.0 Å². The van der Waals surface area contributed by atoms with Crippen LogP contribution in [0.15, 0.2) is 60.8 Å². The highest BCUT2D eigenvalue weighted by Gasteiger charge is 2.25. The van der Waals surface area contributed by atoms with Crippen LogP contribution in [0.25, 0.3) is 11.3 Å². The van der Waals surface area contributed by atoms with Gasteiger partial charge >= 0.3 is 12.1 Å². The molecular weight excluding hydrogens is 408 g/mol. The Balaban J connectivity index is 1.71. The molecule has 3 rings (SSSR count). The number of methoxy groups -OCH3 is 1. The van der Waals surface area contributed by atoms with E-state index in [9.17, 15) is 9.59 Å². The first-order chi connectivity index (χ1) is 15.2. The Hall–Kier alpha value is -3.68. The van der Waals surface area contributed by atoms with E-state index in [0.717, 1.165) is 22.4 Å². The van der Waals surface area contributed by atoms with Crippen LogP contribution < -0.4 is 5.32 Å². The summed E-state index contributed by atoms with van der Waals surface area (Å²) < 4.78 is 11.9. The molecule has 0 unspecified atom stereocenters. The van der Waals surface area contributed by atoms with Crippen molar-refractivity contribution in [1.82, 2.24) is 20.3 Å². The van der Waals surface area contributed by atoms with E-state index in [-0.39, 0.29) is 6.42 Å². The molecule has 0 saturated carbocycles. The van der Waals surface area contributed by atoms with Gasteiger partial charge in [-0.2, -0.15) is 0 Å². The molecule has 8 heteroatoms. The lowest BCUT2D eigenvalue weighted by Gasteiger charge is -2.22. The molecule has 0 saturated heterocycles. The first kappa shape index (κ1) is 23.0. The summed E-state index contributed by atoms with van der Waals surface area (Å²) in [7, 11) is 1.29. The van der Waals surface area contributed by atoms with Crippen LogP contribution in [0.3, 0.4) is 0 Å². The van der Waals surface area contributed by atoms with Crippen molar-refractivity contribution in [2.24, 2.45) is 0 Å². The maximum atomic E-state index is 12.2. The lowest BCUT2D eigenvalue weighted by atomic mass is 10.0. The standard InChI is InChI=1S/C24H28N4O4/c1-24(2,3)32-23(30)26-20(22(29)31-4)14-17-10-12-19(13-11-17)21-15-25-27-28(21)16-18-8-6-5-7-9-18/h5-13,15,20H,14,16H2,1-4H3,(H,26,30)/t20-/m0/s1. The summed E-state index contributed by atoms with van der Waals surface area (Å²) in [5.74, 6) is -0.537. The fourth-order valence-electron chi connectivity index (χ4n) is 3.19. The molecule has 0 fully saturated rings. The van der Waals surface area contributed by atoms with Crippen molar-refractivity contribution >= 4 is 12.1 Å². The molecule has 8 nitrogen and oxygen atoms in total. The van der Waals surface area contributed by atoms with Gasteiger partial charge in [-0.25, -0.2) is 14.3 Å². The van der Waals surface area contributed by atoms with E-state index in [1.165, 1.54) is 7.11 Å². The number of amides is 1. The van der Waals surface area contributed by atoms with Crippen LogP contribution in [0.5, 0.6) is 0 Å². The predicted molar refractivity (Wildman–Crippen MR) is 120 cm³/mol. The normalized spacial score (nSPS) is 12.1. The zero-order chi connectivity index (χ0) is 23.1. The fourth-order valence-corrected chi connectivity index (χ4v) is 3.19. The molecule has 0 bridgehead atoms. The van der Waals surface area contributed by atoms with Gasteiger partial charge in [-0.05, 0) is 31.9 Å². The number of hydrogen-bond donors (Lipinski definition) is 1. The van der Waals surface area contributed by atoms with Crippen molar-refractivity contribution in [2.45, 2.75) is 45.4 Å². The van der Waals surface area contributed by atoms with Crippen molar-refractivity contribution in [1.29, 1.82) is 0 Å². The van der Waals surface area contributed by atoms with Crippen molar-refractivity contribution < 1.29 is 19.1 Å². The molecule has 0 aliphatic heterocycles. The quantitative estimate of drug-likeness (QED) is 0.569. The van der Waals surface area contributed by atoms with E-state index in [4.69, 9.17) is 9.47 Å². The van der Waals surface area contributed by atoms with Gasteiger partial charge in [-0.15, -0.1) is 5.10 Å². The maximum absolute atomic E-state index is 12.2. The minimum atomic E-state index is -0.856. The van der Waals surface area contributed by atoms with E-state index in [2.05, 4.69) is 15.6 Å². The Kier molecular flexibility index (Phi) is 7.25. The summed E-state index contributed by atoms with van der Waals surface area (Å²) in [6.07, 6.45) is 1.33. The highest BCUT2D eigenvalue weighted by Crippen LogP contribution is 2.20. The van der Waals surface area contributed by atoms with Crippen LogP contribution in [-0.4, -0.2) is 45.8 Å². The molecule has 1 amide bonds. The topological polar surface area (TPSA) is 95.3 Å². The lowest BCUT2D eigenvalue weighted by Crippen LogP contribution is -2.45. The Morgan fingerprint density at radius 1 is 1.03 bits per heavy atom. The molecule has 0 spiro atoms. The second-order valence-electron chi connectivity index (χ2n) is 8.39. The van der Waals surface area contributed by atoms with Crippen LogP contribution in [0.1, 0.15) is 31.9 Å². The number of carbonyl (C=O) groups is 2. The van der Waals surface area contributed by atoms with Gasteiger partial charge in [0.1, 0.15) is 11.6 Å². The zero-order valence-electron chi connectivity index (χ0n) is 18.7. The fraction of sp³-hybridized carbons (Fsp3) is 0.333. The minimum Gasteiger partial charge on any atom is -0.467 e. The van der Waals surface area contributed by atoms with Gasteiger partial charge in [-0.1, -0.05) is 59.8 Å². The van der Waals surface area contributed by atoms with Crippen LogP contribution in [-0.2, 0) is 27.2 Å². The Morgan fingerprint density at radius 3 is 2.34 bits per heavy atom. The van der Waals surface area contributed by atoms with E-state index >= 15 is 0 Å². The van der Waals surface area contributed by atoms with Crippen molar-refractivity contribution in [2.75, 3.05) is 7.11 Å². The summed E-state index contributed by atoms with van der Waals surface area (Å²) in [6, 6.07) is 16.9. The third kappa shape index (κ3) is 6.41. The first-order valence-electron chi connectivity index (χ1n) is 10.3. The average Bonchev–Trinajstić information content (AvgIpc) is 3.20. The molecule has 1 N–H and O–H groups in total. The smallest absolute Gasteiger partial charge is 0.408 e. The van der Waals surface area contributed by atoms with Crippen LogP contribution in [0, 0.1) is 0 Å². The maximum Gasteiger partial charge on any atom is 0.408 e. The van der Waals surface area contributed by atoms with Gasteiger partial charge in [0.25, 0.3) is 0 Å². The number of ether oxygens (including phenoxy) is 2. The molecule has 3 aromatic rings. The number of benzene rings is 2. The largest absolute Gasteiger partial charge is 0.467 e. The first-order valence-corrected chi connectivity index (χ1v) is 10.3. The summed E-state index contributed by atoms with van der Waals surface area (Å²) >= 11 is 0. The highest BCUT2D eigenvalue weighted by atomic mass is 16.6. The number of carbonyl (C=O) groups excluding carboxylic acids is 2. The number of aromatic nitrogens is 3. The number of nitrogens with one attached hydrogen (secondary N) is 1. The molecule has 2 aromatic carbocycles. The molecule has 32 heavy (non-hydrogen) atoms. The van der Waals surface area contributed by atoms with Crippen LogP contribution in [0.2, 0.25) is 0 Å². The Morgan fingerprint density at radius 2 is 1.72 bits per heavy atom. The lowest BCUT2D eigenvalue weighted by molar-refractivity contribution is -0.143. The van der Waals surface area contributed by atoms with Crippen molar-refractivity contribution in [3.05, 3.63) is 71.9 Å². The average molecular weight is 437 g/mol. The third-order valence-electron chi connectivity index (χ3n) is 4.66. The molecule has 0 radical (unpaired) electrons. The van der Waals surface area contributed by atoms with Gasteiger partial charge in [0.15, 0.2) is 0 Å². The number of rotatable bonds is 7. The Bertz CT molecular complexity index is 1040. The van der Waals surface area contributed by atoms with Gasteiger partial charge in [0.2, 0.25) is 0 Å². The molecule has 1 heterocycles. The van der Waals surface area contributed by atoms with Gasteiger partial charge < -0.3 is 14.8 Å².